The summed E-state index contributed by atoms with van der Waals surface area (Å²) in [6.07, 6.45) is 2.27. The summed E-state index contributed by atoms with van der Waals surface area (Å²) in [4.78, 5) is 16.3. The lowest BCUT2D eigenvalue weighted by molar-refractivity contribution is 0.567. The lowest BCUT2D eigenvalue weighted by Gasteiger charge is -2.19. The second-order valence-corrected chi connectivity index (χ2v) is 5.86. The Balaban J connectivity index is 2.20. The summed E-state index contributed by atoms with van der Waals surface area (Å²) >= 11 is 0. The van der Waals surface area contributed by atoms with Gasteiger partial charge in [0.2, 0.25) is 5.95 Å². The van der Waals surface area contributed by atoms with Crippen molar-refractivity contribution in [3.05, 3.63) is 22.2 Å². The van der Waals surface area contributed by atoms with Crippen LogP contribution < -0.4 is 11.0 Å². The molecule has 0 aromatic carbocycles. The molecule has 2 N–H and O–H groups in total. The van der Waals surface area contributed by atoms with E-state index in [0.29, 0.717) is 17.6 Å². The number of nitrogens with one attached hydrogen (secondary N) is 2. The molecule has 1 aliphatic carbocycles. The summed E-state index contributed by atoms with van der Waals surface area (Å²) in [5, 5.41) is 9.78. The first-order chi connectivity index (χ1) is 8.45. The largest absolute Gasteiger partial charge is 0.352 e. The van der Waals surface area contributed by atoms with Gasteiger partial charge in [0.15, 0.2) is 5.65 Å². The molecule has 0 bridgehead atoms. The predicted octanol–water partition coefficient (Wildman–Crippen LogP) is 1.29. The van der Waals surface area contributed by atoms with Gasteiger partial charge in [-0.25, -0.2) is 19.3 Å². The Labute approximate surface area is 104 Å². The number of aromatic nitrogens is 4. The van der Waals surface area contributed by atoms with Crippen molar-refractivity contribution < 1.29 is 0 Å². The van der Waals surface area contributed by atoms with Gasteiger partial charge in [0.1, 0.15) is 0 Å². The highest BCUT2D eigenvalue weighted by atomic mass is 16.1. The fourth-order valence-electron chi connectivity index (χ4n) is 1.82. The molecule has 3 rings (SSSR count). The molecular weight excluding hydrogens is 230 g/mol. The average molecular weight is 247 g/mol. The molecule has 0 spiro atoms. The van der Waals surface area contributed by atoms with Crippen LogP contribution in [0.1, 0.15) is 39.3 Å². The van der Waals surface area contributed by atoms with E-state index in [1.54, 1.807) is 0 Å². The summed E-state index contributed by atoms with van der Waals surface area (Å²) in [7, 11) is 0. The van der Waals surface area contributed by atoms with Crippen molar-refractivity contribution in [2.75, 3.05) is 5.32 Å². The molecule has 6 heteroatoms. The Morgan fingerprint density at radius 3 is 2.78 bits per heavy atom. The molecule has 18 heavy (non-hydrogen) atoms. The van der Waals surface area contributed by atoms with Crippen molar-refractivity contribution in [1.82, 2.24) is 19.6 Å². The Bertz CT molecular complexity index is 645. The Kier molecular flexibility index (Phi) is 2.23. The average Bonchev–Trinajstić information content (AvgIpc) is 3.01. The van der Waals surface area contributed by atoms with Crippen molar-refractivity contribution in [3.63, 3.8) is 0 Å². The van der Waals surface area contributed by atoms with E-state index >= 15 is 0 Å². The normalized spacial score (nSPS) is 16.2. The lowest BCUT2D eigenvalue weighted by atomic mass is 9.92. The fraction of sp³-hybridized carbons (Fsp3) is 0.583. The number of aromatic amines is 1. The molecule has 6 nitrogen and oxygen atoms in total. The summed E-state index contributed by atoms with van der Waals surface area (Å²) in [6, 6.07) is 2.30. The van der Waals surface area contributed by atoms with Crippen molar-refractivity contribution in [2.24, 2.45) is 0 Å². The van der Waals surface area contributed by atoms with Crippen molar-refractivity contribution in [2.45, 2.75) is 45.1 Å². The van der Waals surface area contributed by atoms with Gasteiger partial charge in [-0.15, -0.1) is 0 Å². The molecular formula is C12H17N5O. The predicted molar refractivity (Wildman–Crippen MR) is 69.0 cm³/mol. The van der Waals surface area contributed by atoms with Crippen molar-refractivity contribution >= 4 is 11.6 Å². The van der Waals surface area contributed by atoms with Crippen LogP contribution in [0.4, 0.5) is 5.95 Å². The number of nitrogens with zero attached hydrogens (tertiary/aromatic N) is 3. The van der Waals surface area contributed by atoms with Crippen LogP contribution in [0.15, 0.2) is 10.9 Å². The van der Waals surface area contributed by atoms with Gasteiger partial charge in [-0.2, -0.15) is 5.10 Å². The highest BCUT2D eigenvalue weighted by molar-refractivity contribution is 5.48. The number of anilines is 1. The zero-order chi connectivity index (χ0) is 12.9. The maximum Gasteiger partial charge on any atom is 0.350 e. The van der Waals surface area contributed by atoms with Crippen LogP contribution in [0.3, 0.4) is 0 Å². The van der Waals surface area contributed by atoms with Crippen LogP contribution in [-0.4, -0.2) is 25.6 Å². The van der Waals surface area contributed by atoms with Gasteiger partial charge in [-0.05, 0) is 12.8 Å². The van der Waals surface area contributed by atoms with E-state index in [-0.39, 0.29) is 11.1 Å². The number of rotatable bonds is 2. The second kappa shape index (κ2) is 3.57. The number of fused-ring (bicyclic) bond motifs is 1. The SMILES string of the molecule is CC(C)(C)c1cc2n[nH]c(=O)n2c(NC2CC2)n1. The maximum absolute atomic E-state index is 11.7. The number of hydrogen-bond acceptors (Lipinski definition) is 4. The third-order valence-electron chi connectivity index (χ3n) is 3.08. The second-order valence-electron chi connectivity index (χ2n) is 5.86. The molecule has 2 aromatic rings. The van der Waals surface area contributed by atoms with E-state index in [1.165, 1.54) is 4.40 Å². The summed E-state index contributed by atoms with van der Waals surface area (Å²) in [5.74, 6) is 0.596. The molecule has 2 heterocycles. The molecule has 1 saturated carbocycles. The van der Waals surface area contributed by atoms with Gasteiger partial charge in [-0.1, -0.05) is 20.8 Å². The molecule has 1 fully saturated rings. The molecule has 0 amide bonds. The van der Waals surface area contributed by atoms with Crippen LogP contribution in [0.5, 0.6) is 0 Å². The molecule has 0 radical (unpaired) electrons. The molecule has 2 aromatic heterocycles. The quantitative estimate of drug-likeness (QED) is 0.838. The van der Waals surface area contributed by atoms with Gasteiger partial charge in [-0.3, -0.25) is 0 Å². The third-order valence-corrected chi connectivity index (χ3v) is 3.08. The van der Waals surface area contributed by atoms with Gasteiger partial charge in [0.25, 0.3) is 0 Å². The minimum atomic E-state index is -0.249. The summed E-state index contributed by atoms with van der Waals surface area (Å²) in [6.45, 7) is 6.28. The van der Waals surface area contributed by atoms with Crippen LogP contribution in [0.2, 0.25) is 0 Å². The van der Waals surface area contributed by atoms with Crippen LogP contribution in [0, 0.1) is 0 Å². The van der Waals surface area contributed by atoms with Crippen molar-refractivity contribution in [3.8, 4) is 0 Å². The zero-order valence-electron chi connectivity index (χ0n) is 10.8. The van der Waals surface area contributed by atoms with E-state index in [9.17, 15) is 4.79 Å². The lowest BCUT2D eigenvalue weighted by Crippen LogP contribution is -2.21. The minimum absolute atomic E-state index is 0.0727. The first-order valence-corrected chi connectivity index (χ1v) is 6.20. The Hall–Kier alpha value is -1.85. The van der Waals surface area contributed by atoms with E-state index in [0.717, 1.165) is 18.5 Å². The smallest absolute Gasteiger partial charge is 0.350 e. The highest BCUT2D eigenvalue weighted by Crippen LogP contribution is 2.26. The minimum Gasteiger partial charge on any atom is -0.352 e. The third kappa shape index (κ3) is 1.87. The molecule has 1 aliphatic rings. The Morgan fingerprint density at radius 2 is 2.17 bits per heavy atom. The highest BCUT2D eigenvalue weighted by Gasteiger charge is 2.25. The summed E-state index contributed by atoms with van der Waals surface area (Å²) in [5.41, 5.74) is 1.22. The van der Waals surface area contributed by atoms with E-state index in [2.05, 4.69) is 41.3 Å². The van der Waals surface area contributed by atoms with Gasteiger partial charge in [0, 0.05) is 17.5 Å². The van der Waals surface area contributed by atoms with Crippen LogP contribution in [-0.2, 0) is 5.41 Å². The first kappa shape index (κ1) is 11.3. The monoisotopic (exact) mass is 247 g/mol. The Morgan fingerprint density at radius 1 is 1.44 bits per heavy atom. The van der Waals surface area contributed by atoms with Gasteiger partial charge in [0.05, 0.1) is 5.69 Å². The van der Waals surface area contributed by atoms with E-state index < -0.39 is 0 Å². The van der Waals surface area contributed by atoms with Gasteiger partial charge < -0.3 is 5.32 Å². The number of hydrogen-bond donors (Lipinski definition) is 2. The van der Waals surface area contributed by atoms with Crippen LogP contribution >= 0.6 is 0 Å². The van der Waals surface area contributed by atoms with Gasteiger partial charge >= 0.3 is 5.69 Å². The molecule has 0 atom stereocenters. The van der Waals surface area contributed by atoms with E-state index in [1.807, 2.05) is 6.07 Å². The van der Waals surface area contributed by atoms with Crippen molar-refractivity contribution in [1.29, 1.82) is 0 Å². The first-order valence-electron chi connectivity index (χ1n) is 6.20. The molecule has 0 aliphatic heterocycles. The standard InChI is InChI=1S/C12H17N5O/c1-12(2,3)8-6-9-15-16-11(18)17(9)10(14-8)13-7-4-5-7/h6-7H,4-5H2,1-3H3,(H,13,14)(H,16,18). The molecule has 0 unspecified atom stereocenters. The topological polar surface area (TPSA) is 75.1 Å². The molecule has 0 saturated heterocycles. The van der Waals surface area contributed by atoms with E-state index in [4.69, 9.17) is 0 Å². The maximum atomic E-state index is 11.7. The zero-order valence-corrected chi connectivity index (χ0v) is 10.8. The van der Waals surface area contributed by atoms with Crippen LogP contribution in [0.25, 0.3) is 5.65 Å². The molecule has 96 valence electrons. The summed E-state index contributed by atoms with van der Waals surface area (Å²) < 4.78 is 1.49. The fourth-order valence-corrected chi connectivity index (χ4v) is 1.82. The number of H-pyrrole nitrogens is 1.